The van der Waals surface area contributed by atoms with Crippen molar-refractivity contribution in [3.8, 4) is 0 Å². The average Bonchev–Trinajstić information content (AvgIpc) is 3.11. The average molecular weight is 363 g/mol. The second-order valence-electron chi connectivity index (χ2n) is 5.59. The van der Waals surface area contributed by atoms with Crippen molar-refractivity contribution < 1.29 is 4.57 Å². The molecule has 0 aliphatic heterocycles. The van der Waals surface area contributed by atoms with E-state index in [2.05, 4.69) is 40.8 Å². The Kier molecular flexibility index (Phi) is 4.96. The molecule has 22 heavy (non-hydrogen) atoms. The summed E-state index contributed by atoms with van der Waals surface area (Å²) < 4.78 is 7.70. The quantitative estimate of drug-likeness (QED) is 0.467. The van der Waals surface area contributed by atoms with Gasteiger partial charge in [-0.25, -0.2) is 0 Å². The second-order valence-corrected chi connectivity index (χ2v) is 7.82. The van der Waals surface area contributed by atoms with E-state index < -0.39 is 0 Å². The molecule has 0 unspecified atom stereocenters. The Labute approximate surface area is 136 Å². The van der Waals surface area contributed by atoms with Gasteiger partial charge in [-0.3, -0.25) is 0 Å². The van der Waals surface area contributed by atoms with Gasteiger partial charge in [-0.2, -0.15) is 0 Å². The van der Waals surface area contributed by atoms with Crippen LogP contribution < -0.4 is 10.1 Å². The number of aryl methyl sites for hydroxylation is 3. The molecule has 4 nitrogen and oxygen atoms in total. The molecule has 1 aromatic carbocycles. The van der Waals surface area contributed by atoms with Gasteiger partial charge in [0.1, 0.15) is 0 Å². The summed E-state index contributed by atoms with van der Waals surface area (Å²) in [5.41, 5.74) is 0.209. The minimum absolute atomic E-state index is 0.158. The molecule has 116 valence electrons. The summed E-state index contributed by atoms with van der Waals surface area (Å²) in [6, 6.07) is 8.00. The van der Waals surface area contributed by atoms with Gasteiger partial charge in [0, 0.05) is 0 Å². The summed E-state index contributed by atoms with van der Waals surface area (Å²) in [5.74, 6) is 0. The van der Waals surface area contributed by atoms with E-state index in [1.54, 1.807) is 0 Å². The summed E-state index contributed by atoms with van der Waals surface area (Å²) >= 11 is 0.158. The third kappa shape index (κ3) is 3.42. The van der Waals surface area contributed by atoms with Crippen LogP contribution in [-0.2, 0) is 19.6 Å². The maximum absolute atomic E-state index is 12.3. The molecule has 0 atom stereocenters. The Morgan fingerprint density at radius 3 is 2.86 bits per heavy atom. The van der Waals surface area contributed by atoms with Crippen molar-refractivity contribution >= 4 is 24.4 Å². The van der Waals surface area contributed by atoms with Crippen molar-refractivity contribution in [2.45, 2.75) is 45.8 Å². The zero-order valence-electron chi connectivity index (χ0n) is 12.9. The Morgan fingerprint density at radius 2 is 2.05 bits per heavy atom. The SMILES string of the molecule is CCCCn1cc[n+](CCCn2[se]c3ccccc3c2=O)c1. The van der Waals surface area contributed by atoms with Gasteiger partial charge in [-0.1, -0.05) is 0 Å². The molecule has 0 aliphatic carbocycles. The van der Waals surface area contributed by atoms with Crippen LogP contribution >= 0.6 is 0 Å². The van der Waals surface area contributed by atoms with Crippen LogP contribution in [0.3, 0.4) is 0 Å². The predicted molar refractivity (Wildman–Crippen MR) is 89.3 cm³/mol. The molecule has 5 heteroatoms. The molecule has 3 aromatic rings. The molecule has 0 amide bonds. The maximum atomic E-state index is 12.3. The van der Waals surface area contributed by atoms with Crippen LogP contribution in [0.1, 0.15) is 26.2 Å². The molecular weight excluding hydrogens is 341 g/mol. The van der Waals surface area contributed by atoms with Gasteiger partial charge >= 0.3 is 136 Å². The molecular formula is C17H22N3OSe+. The van der Waals surface area contributed by atoms with E-state index in [9.17, 15) is 4.79 Å². The van der Waals surface area contributed by atoms with E-state index in [1.807, 2.05) is 21.8 Å². The predicted octanol–water partition coefficient (Wildman–Crippen LogP) is 2.04. The van der Waals surface area contributed by atoms with Crippen LogP contribution in [0.5, 0.6) is 0 Å². The van der Waals surface area contributed by atoms with Gasteiger partial charge in [-0.15, -0.1) is 0 Å². The fourth-order valence-electron chi connectivity index (χ4n) is 2.61. The van der Waals surface area contributed by atoms with E-state index in [4.69, 9.17) is 0 Å². The first-order valence-electron chi connectivity index (χ1n) is 7.91. The molecule has 0 saturated carbocycles. The molecule has 0 saturated heterocycles. The fourth-order valence-corrected chi connectivity index (χ4v) is 4.77. The molecule has 2 heterocycles. The van der Waals surface area contributed by atoms with Crippen LogP contribution in [0.25, 0.3) is 9.65 Å². The molecule has 2 aromatic heterocycles. The van der Waals surface area contributed by atoms with Crippen molar-refractivity contribution in [2.24, 2.45) is 0 Å². The Bertz CT molecular complexity index is 799. The third-order valence-electron chi connectivity index (χ3n) is 3.85. The molecule has 3 rings (SSSR count). The number of benzene rings is 1. The van der Waals surface area contributed by atoms with Gasteiger partial charge in [0.25, 0.3) is 0 Å². The first kappa shape index (κ1) is 15.3. The van der Waals surface area contributed by atoms with Gasteiger partial charge in [0.2, 0.25) is 0 Å². The molecule has 0 aliphatic rings. The zero-order chi connectivity index (χ0) is 15.4. The van der Waals surface area contributed by atoms with E-state index in [0.29, 0.717) is 0 Å². The number of aromatic nitrogens is 3. The van der Waals surface area contributed by atoms with E-state index in [-0.39, 0.29) is 20.3 Å². The standard InChI is InChI=1S/C17H22N3OSe/c1-2-3-9-18-12-13-19(14-18)10-6-11-20-17(21)15-7-4-5-8-16(15)22-20/h4-5,7-8,12-14H,2-3,6,9-11H2,1H3/q+1. The van der Waals surface area contributed by atoms with Crippen molar-refractivity contribution in [1.82, 2.24) is 8.13 Å². The zero-order valence-corrected chi connectivity index (χ0v) is 14.7. The summed E-state index contributed by atoms with van der Waals surface area (Å²) in [4.78, 5) is 12.3. The number of nitrogens with zero attached hydrogens (tertiary/aromatic N) is 3. The second kappa shape index (κ2) is 7.12. The van der Waals surface area contributed by atoms with E-state index >= 15 is 0 Å². The number of rotatable bonds is 7. The fraction of sp³-hybridized carbons (Fsp3) is 0.412. The van der Waals surface area contributed by atoms with Crippen LogP contribution in [-0.4, -0.2) is 22.9 Å². The first-order chi connectivity index (χ1) is 10.8. The molecule has 0 spiro atoms. The topological polar surface area (TPSA) is 30.8 Å². The van der Waals surface area contributed by atoms with Crippen LogP contribution in [0.15, 0.2) is 47.8 Å². The number of fused-ring (bicyclic) bond motifs is 1. The summed E-state index contributed by atoms with van der Waals surface area (Å²) in [7, 11) is 0. The van der Waals surface area contributed by atoms with Gasteiger partial charge in [0.15, 0.2) is 0 Å². The molecule has 0 radical (unpaired) electrons. The van der Waals surface area contributed by atoms with Gasteiger partial charge < -0.3 is 0 Å². The molecule has 0 N–H and O–H groups in total. The number of unbranched alkanes of at least 4 members (excludes halogenated alkanes) is 1. The van der Waals surface area contributed by atoms with Crippen LogP contribution in [0, 0.1) is 0 Å². The summed E-state index contributed by atoms with van der Waals surface area (Å²) in [6.45, 7) is 5.12. The van der Waals surface area contributed by atoms with Crippen molar-refractivity contribution in [3.63, 3.8) is 0 Å². The monoisotopic (exact) mass is 364 g/mol. The molecule has 0 bridgehead atoms. The number of imidazole rings is 1. The summed E-state index contributed by atoms with van der Waals surface area (Å²) in [6.07, 6.45) is 9.87. The van der Waals surface area contributed by atoms with E-state index in [1.165, 1.54) is 17.1 Å². The van der Waals surface area contributed by atoms with Gasteiger partial charge in [0.05, 0.1) is 0 Å². The van der Waals surface area contributed by atoms with Crippen LogP contribution in [0.2, 0.25) is 0 Å². The number of hydrogen-bond acceptors (Lipinski definition) is 1. The Morgan fingerprint density at radius 1 is 1.18 bits per heavy atom. The minimum atomic E-state index is 0.158. The summed E-state index contributed by atoms with van der Waals surface area (Å²) in [5, 5.41) is 0.904. The number of hydrogen-bond donors (Lipinski definition) is 0. The van der Waals surface area contributed by atoms with Crippen molar-refractivity contribution in [1.29, 1.82) is 0 Å². The normalized spacial score (nSPS) is 11.3. The van der Waals surface area contributed by atoms with E-state index in [0.717, 1.165) is 31.4 Å². The molecule has 0 fully saturated rings. The Balaban J connectivity index is 1.59. The van der Waals surface area contributed by atoms with Crippen molar-refractivity contribution in [3.05, 3.63) is 53.3 Å². The van der Waals surface area contributed by atoms with Crippen LogP contribution in [0.4, 0.5) is 0 Å². The van der Waals surface area contributed by atoms with Crippen molar-refractivity contribution in [2.75, 3.05) is 0 Å². The first-order valence-corrected chi connectivity index (χ1v) is 9.54. The third-order valence-corrected chi connectivity index (χ3v) is 6.20. The Hall–Kier alpha value is -1.58. The van der Waals surface area contributed by atoms with Gasteiger partial charge in [-0.05, 0) is 0 Å².